The van der Waals surface area contributed by atoms with Crippen LogP contribution in [0.2, 0.25) is 10.0 Å². The van der Waals surface area contributed by atoms with E-state index in [-0.39, 0.29) is 17.8 Å². The van der Waals surface area contributed by atoms with Crippen LogP contribution in [0.25, 0.3) is 5.69 Å². The molecule has 2 aliphatic heterocycles. The first kappa shape index (κ1) is 30.5. The monoisotopic (exact) mass is 637 g/mol. The first-order valence-corrected chi connectivity index (χ1v) is 15.8. The molecule has 0 amide bonds. The molecule has 11 heteroatoms. The van der Waals surface area contributed by atoms with Gasteiger partial charge >= 0.3 is 5.69 Å². The lowest BCUT2D eigenvalue weighted by Gasteiger charge is -2.37. The third kappa shape index (κ3) is 6.33. The Kier molecular flexibility index (Phi) is 8.91. The van der Waals surface area contributed by atoms with Crippen molar-refractivity contribution in [2.75, 3.05) is 49.2 Å². The van der Waals surface area contributed by atoms with Crippen molar-refractivity contribution in [3.05, 3.63) is 99.2 Å². The Hall–Kier alpha value is -3.50. The van der Waals surface area contributed by atoms with Crippen LogP contribution in [0, 0.1) is 0 Å². The van der Waals surface area contributed by atoms with Crippen LogP contribution in [0.4, 0.5) is 11.4 Å². The van der Waals surface area contributed by atoms with Crippen LogP contribution in [0.15, 0.2) is 77.9 Å². The summed E-state index contributed by atoms with van der Waals surface area (Å²) in [5.41, 5.74) is 3.76. The number of benzene rings is 3. The van der Waals surface area contributed by atoms with Gasteiger partial charge in [-0.1, -0.05) is 36.2 Å². The molecule has 44 heavy (non-hydrogen) atoms. The van der Waals surface area contributed by atoms with E-state index in [2.05, 4.69) is 39.2 Å². The molecular formula is C33H37Cl2N5O4. The summed E-state index contributed by atoms with van der Waals surface area (Å²) >= 11 is 12.4. The summed E-state index contributed by atoms with van der Waals surface area (Å²) in [6.07, 6.45) is 2.23. The highest BCUT2D eigenvalue weighted by Crippen LogP contribution is 2.38. The molecule has 6 rings (SSSR count). The summed E-state index contributed by atoms with van der Waals surface area (Å²) in [5, 5.41) is 5.37. The molecule has 0 unspecified atom stereocenters. The quantitative estimate of drug-likeness (QED) is 0.213. The summed E-state index contributed by atoms with van der Waals surface area (Å²) in [5.74, 6) is -0.163. The molecule has 3 aromatic carbocycles. The van der Waals surface area contributed by atoms with Crippen LogP contribution in [-0.4, -0.2) is 59.8 Å². The molecule has 2 aliphatic rings. The number of anilines is 2. The number of aromatic nitrogens is 3. The molecule has 3 heterocycles. The van der Waals surface area contributed by atoms with E-state index in [9.17, 15) is 4.79 Å². The summed E-state index contributed by atoms with van der Waals surface area (Å²) in [6, 6.07) is 21.7. The molecule has 9 nitrogen and oxygen atoms in total. The van der Waals surface area contributed by atoms with Crippen molar-refractivity contribution in [1.82, 2.24) is 14.3 Å². The van der Waals surface area contributed by atoms with Crippen molar-refractivity contribution in [2.24, 2.45) is 0 Å². The number of ether oxygens (including phenoxy) is 3. The molecule has 0 aliphatic carbocycles. The number of hydrogen-bond acceptors (Lipinski definition) is 7. The van der Waals surface area contributed by atoms with E-state index in [1.807, 2.05) is 51.1 Å². The topological polar surface area (TPSA) is 74.0 Å². The van der Waals surface area contributed by atoms with Crippen LogP contribution >= 0.6 is 23.2 Å². The van der Waals surface area contributed by atoms with E-state index in [1.54, 1.807) is 27.7 Å². The fourth-order valence-corrected chi connectivity index (χ4v) is 6.26. The Labute approximate surface area is 267 Å². The number of piperazine rings is 1. The minimum absolute atomic E-state index is 0.0725. The zero-order chi connectivity index (χ0) is 30.8. The maximum Gasteiger partial charge on any atom is 0.350 e. The molecule has 1 aromatic heterocycles. The third-order valence-corrected chi connectivity index (χ3v) is 9.02. The van der Waals surface area contributed by atoms with Gasteiger partial charge in [-0.3, -0.25) is 0 Å². The van der Waals surface area contributed by atoms with Crippen molar-refractivity contribution in [3.8, 4) is 11.4 Å². The van der Waals surface area contributed by atoms with E-state index in [4.69, 9.17) is 37.4 Å². The minimum atomic E-state index is -0.944. The van der Waals surface area contributed by atoms with Crippen LogP contribution < -0.4 is 20.2 Å². The Morgan fingerprint density at radius 3 is 2.18 bits per heavy atom. The molecule has 2 saturated heterocycles. The maximum atomic E-state index is 12.8. The largest absolute Gasteiger partial charge is 0.491 e. The minimum Gasteiger partial charge on any atom is -0.491 e. The van der Waals surface area contributed by atoms with Crippen molar-refractivity contribution in [1.29, 1.82) is 0 Å². The predicted molar refractivity (Wildman–Crippen MR) is 174 cm³/mol. The second kappa shape index (κ2) is 12.9. The highest BCUT2D eigenvalue weighted by molar-refractivity contribution is 6.35. The lowest BCUT2D eigenvalue weighted by molar-refractivity contribution is -0.164. The van der Waals surface area contributed by atoms with Gasteiger partial charge in [0.15, 0.2) is 5.79 Å². The average molecular weight is 639 g/mol. The molecule has 0 spiro atoms. The van der Waals surface area contributed by atoms with Crippen molar-refractivity contribution < 1.29 is 14.2 Å². The normalized spacial score (nSPS) is 21.1. The van der Waals surface area contributed by atoms with Gasteiger partial charge in [0.25, 0.3) is 0 Å². The molecule has 0 saturated carbocycles. The SMILES string of the molecule is CC[C@@H](C)n1ncn(-c2ccc(N3CCN(c4ccc(OC[C@@H]5CO[C@@](C)(c6ccc(Cl)cc6Cl)O5)cc4)CC3)cc2)c1=O. The average Bonchev–Trinajstić information content (AvgIpc) is 3.62. The van der Waals surface area contributed by atoms with Crippen molar-refractivity contribution in [3.63, 3.8) is 0 Å². The van der Waals surface area contributed by atoms with E-state index >= 15 is 0 Å². The van der Waals surface area contributed by atoms with Crippen LogP contribution in [0.1, 0.15) is 38.8 Å². The predicted octanol–water partition coefficient (Wildman–Crippen LogP) is 6.31. The molecule has 0 radical (unpaired) electrons. The van der Waals surface area contributed by atoms with Gasteiger partial charge in [0.05, 0.1) is 23.4 Å². The highest BCUT2D eigenvalue weighted by Gasteiger charge is 2.40. The molecular weight excluding hydrogens is 601 g/mol. The van der Waals surface area contributed by atoms with Gasteiger partial charge in [0, 0.05) is 48.1 Å². The molecule has 2 fully saturated rings. The van der Waals surface area contributed by atoms with Crippen molar-refractivity contribution in [2.45, 2.75) is 45.1 Å². The third-order valence-electron chi connectivity index (χ3n) is 8.47. The maximum absolute atomic E-state index is 12.8. The van der Waals surface area contributed by atoms with Crippen LogP contribution in [0.5, 0.6) is 5.75 Å². The van der Waals surface area contributed by atoms with E-state index < -0.39 is 5.79 Å². The van der Waals surface area contributed by atoms with Crippen molar-refractivity contribution >= 4 is 34.6 Å². The Morgan fingerprint density at radius 2 is 1.57 bits per heavy atom. The zero-order valence-electron chi connectivity index (χ0n) is 25.2. The van der Waals surface area contributed by atoms with Gasteiger partial charge < -0.3 is 24.0 Å². The standard InChI is InChI=1S/C33H37Cl2N5O4/c1-4-23(2)40-32(41)39(22-36-40)27-8-6-25(7-9-27)37-15-17-38(18-16-37)26-10-12-28(13-11-26)42-20-29-21-43-33(3,44-29)30-14-5-24(34)19-31(30)35/h5-14,19,22-23,29H,4,15-18,20-21H2,1-3H3/t23-,29-,33-/m1/s1. The lowest BCUT2D eigenvalue weighted by Crippen LogP contribution is -2.46. The van der Waals surface area contributed by atoms with E-state index in [0.29, 0.717) is 23.3 Å². The first-order valence-electron chi connectivity index (χ1n) is 15.0. The smallest absolute Gasteiger partial charge is 0.350 e. The van der Waals surface area contributed by atoms with E-state index in [1.165, 1.54) is 0 Å². The fourth-order valence-electron chi connectivity index (χ4n) is 5.68. The molecule has 232 valence electrons. The molecule has 4 aromatic rings. The first-order chi connectivity index (χ1) is 21.2. The number of hydrogen-bond donors (Lipinski definition) is 0. The van der Waals surface area contributed by atoms with Gasteiger partial charge in [-0.05, 0) is 80.9 Å². The number of halogens is 2. The van der Waals surface area contributed by atoms with Gasteiger partial charge in [-0.15, -0.1) is 0 Å². The number of rotatable bonds is 9. The number of nitrogens with zero attached hydrogens (tertiary/aromatic N) is 5. The Bertz CT molecular complexity index is 1630. The summed E-state index contributed by atoms with van der Waals surface area (Å²) in [7, 11) is 0. The lowest BCUT2D eigenvalue weighted by atomic mass is 10.1. The highest BCUT2D eigenvalue weighted by atomic mass is 35.5. The Morgan fingerprint density at radius 1 is 0.955 bits per heavy atom. The Balaban J connectivity index is 0.991. The zero-order valence-corrected chi connectivity index (χ0v) is 26.7. The van der Waals surface area contributed by atoms with Gasteiger partial charge in [0.2, 0.25) is 0 Å². The summed E-state index contributed by atoms with van der Waals surface area (Å²) in [4.78, 5) is 17.5. The van der Waals surface area contributed by atoms with Gasteiger partial charge in [0.1, 0.15) is 24.8 Å². The van der Waals surface area contributed by atoms with Crippen LogP contribution in [0.3, 0.4) is 0 Å². The molecule has 0 bridgehead atoms. The fraction of sp³-hybridized carbons (Fsp3) is 0.394. The second-order valence-electron chi connectivity index (χ2n) is 11.4. The molecule has 3 atom stereocenters. The van der Waals surface area contributed by atoms with E-state index in [0.717, 1.165) is 61.0 Å². The van der Waals surface area contributed by atoms with Gasteiger partial charge in [-0.2, -0.15) is 5.10 Å². The second-order valence-corrected chi connectivity index (χ2v) is 12.2. The summed E-state index contributed by atoms with van der Waals surface area (Å²) < 4.78 is 21.3. The summed E-state index contributed by atoms with van der Waals surface area (Å²) in [6.45, 7) is 10.3. The molecule has 0 N–H and O–H groups in total. The van der Waals surface area contributed by atoms with Crippen LogP contribution in [-0.2, 0) is 15.3 Å². The van der Waals surface area contributed by atoms with Gasteiger partial charge in [-0.25, -0.2) is 14.0 Å².